The van der Waals surface area contributed by atoms with Gasteiger partial charge in [-0.2, -0.15) is 0 Å². The predicted octanol–water partition coefficient (Wildman–Crippen LogP) is 11.2. The number of aryl methyl sites for hydroxylation is 1. The molecule has 0 aliphatic heterocycles. The van der Waals surface area contributed by atoms with Crippen molar-refractivity contribution in [3.8, 4) is 11.3 Å². The zero-order chi connectivity index (χ0) is 34.7. The summed E-state index contributed by atoms with van der Waals surface area (Å²) in [6.45, 7) is 24.4. The molecular weight excluding hydrogens is 901 g/mol. The molecule has 0 spiro atoms. The van der Waals surface area contributed by atoms with Crippen molar-refractivity contribution in [2.45, 2.75) is 114 Å². The van der Waals surface area contributed by atoms with E-state index in [1.54, 1.807) is 18.5 Å². The Morgan fingerprint density at radius 3 is 2.12 bits per heavy atom. The van der Waals surface area contributed by atoms with Crippen molar-refractivity contribution in [2.75, 3.05) is 0 Å². The molecule has 0 amide bonds. The van der Waals surface area contributed by atoms with Gasteiger partial charge in [0.25, 0.3) is 0 Å². The number of hydrogen-bond acceptors (Lipinski definition) is 3. The molecule has 5 aromatic rings. The number of benzene rings is 2. The van der Waals surface area contributed by atoms with E-state index in [1.165, 1.54) is 38.5 Å². The van der Waals surface area contributed by atoms with Gasteiger partial charge >= 0.3 is 204 Å². The number of aliphatic hydroxyl groups excluding tert-OH is 1. The van der Waals surface area contributed by atoms with Crippen LogP contribution in [-0.2, 0) is 36.7 Å². The van der Waals surface area contributed by atoms with Crippen molar-refractivity contribution in [1.29, 1.82) is 0 Å². The number of carbonyl (C=O) groups excluding carboxylic acids is 1. The first-order chi connectivity index (χ1) is 22.1. The van der Waals surface area contributed by atoms with Gasteiger partial charge in [-0.1, -0.05) is 27.7 Å². The van der Waals surface area contributed by atoms with Gasteiger partial charge in [0.15, 0.2) is 5.78 Å². The summed E-state index contributed by atoms with van der Waals surface area (Å²) in [6.07, 6.45) is 8.13. The summed E-state index contributed by atoms with van der Waals surface area (Å²) in [5.74, 6) is 0.547. The number of aromatic nitrogens is 1. The molecule has 0 aliphatic rings. The molecule has 0 saturated heterocycles. The smallest absolute Gasteiger partial charge is 0 e. The number of nitrogens with zero attached hydrogens (tertiary/aromatic N) is 1. The Bertz CT molecular complexity index is 1880. The standard InChI is InChI=1S/C29H30NSe2.C13H24O2.Ir/c1-17-23(16-28(2,3)4)31-27-24(17)21-12-13-30-25(26(21)32-27)19-14-18-10-8-9-11-20(18)22(15-19)29(5,6)7;1-5-10(6-2)12(14)9-13(15)11(7-3)8-4;/h8-13,15H,16H2,1-7H3;9-11,14H,5-8H2,1-4H3;/q-1;;/b;12-9-;. The number of aliphatic hydroxyl groups is 1. The van der Waals surface area contributed by atoms with Gasteiger partial charge in [0, 0.05) is 38.0 Å². The van der Waals surface area contributed by atoms with E-state index in [-0.39, 0.29) is 48.9 Å². The molecule has 0 atom stereocenters. The van der Waals surface area contributed by atoms with Gasteiger partial charge in [-0.25, -0.2) is 0 Å². The summed E-state index contributed by atoms with van der Waals surface area (Å²) < 4.78 is 4.88. The zero-order valence-corrected chi connectivity index (χ0v) is 36.6. The van der Waals surface area contributed by atoms with Crippen LogP contribution >= 0.6 is 0 Å². The van der Waals surface area contributed by atoms with E-state index in [1.807, 2.05) is 33.9 Å². The van der Waals surface area contributed by atoms with Gasteiger partial charge in [0.1, 0.15) is 0 Å². The maximum atomic E-state index is 11.7. The van der Waals surface area contributed by atoms with Gasteiger partial charge in [-0.15, -0.1) is 0 Å². The SMILES string of the molecule is CCC(CC)C(=O)/C=C(\O)C(CC)CC.Cc1c(CC(C)(C)C)[se]c2[se]c3c(-c4[c-]c5ccccc5c(C(C)(C)C)c4)nccc3c12.[Ir]. The van der Waals surface area contributed by atoms with Crippen molar-refractivity contribution >= 4 is 63.7 Å². The van der Waals surface area contributed by atoms with Crippen LogP contribution < -0.4 is 0 Å². The van der Waals surface area contributed by atoms with E-state index in [0.29, 0.717) is 34.4 Å². The molecule has 0 fully saturated rings. The van der Waals surface area contributed by atoms with Crippen molar-refractivity contribution in [3.05, 3.63) is 76.1 Å². The minimum absolute atomic E-state index is 0. The molecule has 0 unspecified atom stereocenters. The molecule has 1 radical (unpaired) electrons. The molecule has 0 bridgehead atoms. The first kappa shape index (κ1) is 40.7. The second-order valence-corrected chi connectivity index (χ2v) is 20.8. The van der Waals surface area contributed by atoms with Crippen LogP contribution in [0.5, 0.6) is 0 Å². The number of hydrogen-bond donors (Lipinski definition) is 1. The molecule has 48 heavy (non-hydrogen) atoms. The van der Waals surface area contributed by atoms with Crippen molar-refractivity contribution < 1.29 is 30.0 Å². The molecule has 6 heteroatoms. The third-order valence-corrected chi connectivity index (χ3v) is 15.4. The van der Waals surface area contributed by atoms with E-state index >= 15 is 0 Å². The first-order valence-corrected chi connectivity index (χ1v) is 20.8. The summed E-state index contributed by atoms with van der Waals surface area (Å²) in [5.41, 5.74) is 5.63. The Balaban J connectivity index is 0.000000334. The molecule has 2 aromatic carbocycles. The van der Waals surface area contributed by atoms with Crippen LogP contribution in [0.3, 0.4) is 0 Å². The second kappa shape index (κ2) is 17.0. The molecule has 3 aromatic heterocycles. The van der Waals surface area contributed by atoms with Crippen LogP contribution in [-0.4, -0.2) is 44.9 Å². The third-order valence-electron chi connectivity index (χ3n) is 9.19. The topological polar surface area (TPSA) is 50.2 Å². The average molecular weight is 955 g/mol. The fourth-order valence-corrected chi connectivity index (χ4v) is 14.0. The molecule has 1 N–H and O–H groups in total. The van der Waals surface area contributed by atoms with E-state index in [2.05, 4.69) is 90.9 Å². The maximum Gasteiger partial charge on any atom is 0 e. The Labute approximate surface area is 314 Å². The van der Waals surface area contributed by atoms with Crippen molar-refractivity contribution in [2.24, 2.45) is 17.3 Å². The molecule has 5 rings (SSSR count). The number of allylic oxidation sites excluding steroid dienone is 2. The number of pyridine rings is 1. The van der Waals surface area contributed by atoms with Gasteiger partial charge in [-0.05, 0) is 25.7 Å². The zero-order valence-electron chi connectivity index (χ0n) is 30.8. The van der Waals surface area contributed by atoms with Crippen LogP contribution in [0.15, 0.2) is 54.4 Å². The quantitative estimate of drug-likeness (QED) is 0.0693. The monoisotopic (exact) mass is 957 g/mol. The van der Waals surface area contributed by atoms with E-state index in [9.17, 15) is 9.90 Å². The summed E-state index contributed by atoms with van der Waals surface area (Å²) in [5, 5.41) is 15.2. The molecule has 3 heterocycles. The van der Waals surface area contributed by atoms with Gasteiger partial charge in [-0.3, -0.25) is 4.79 Å². The second-order valence-electron chi connectivity index (χ2n) is 15.1. The summed E-state index contributed by atoms with van der Waals surface area (Å²) in [7, 11) is 0. The van der Waals surface area contributed by atoms with Crippen molar-refractivity contribution in [1.82, 2.24) is 4.98 Å². The Morgan fingerprint density at radius 1 is 0.917 bits per heavy atom. The largest absolute Gasteiger partial charge is 0 e. The number of rotatable bonds is 9. The molecule has 261 valence electrons. The van der Waals surface area contributed by atoms with Gasteiger partial charge in [0.2, 0.25) is 0 Å². The Hall–Kier alpha value is -1.77. The number of ketones is 1. The summed E-state index contributed by atoms with van der Waals surface area (Å²) in [4.78, 5) is 16.6. The fourth-order valence-electron chi connectivity index (χ4n) is 6.36. The molecule has 0 aliphatic carbocycles. The first-order valence-electron chi connectivity index (χ1n) is 17.3. The minimum Gasteiger partial charge on any atom is 0 e. The maximum absolute atomic E-state index is 11.7. The van der Waals surface area contributed by atoms with Crippen LogP contribution in [0.4, 0.5) is 0 Å². The Kier molecular flexibility index (Phi) is 14.4. The number of carbonyl (C=O) groups is 1. The van der Waals surface area contributed by atoms with E-state index in [0.717, 1.165) is 36.9 Å². The molecule has 3 nitrogen and oxygen atoms in total. The average Bonchev–Trinajstić information content (AvgIpc) is 3.52. The van der Waals surface area contributed by atoms with Crippen LogP contribution in [0.1, 0.15) is 110 Å². The fraction of sp³-hybridized carbons (Fsp3) is 0.476. The number of fused-ring (bicyclic) bond motifs is 4. The predicted molar refractivity (Wildman–Crippen MR) is 205 cm³/mol. The summed E-state index contributed by atoms with van der Waals surface area (Å²) in [6, 6.07) is 17.0. The molecular formula is C42H54IrNO2Se2-. The Morgan fingerprint density at radius 2 is 1.54 bits per heavy atom. The van der Waals surface area contributed by atoms with E-state index in [4.69, 9.17) is 4.98 Å². The summed E-state index contributed by atoms with van der Waals surface area (Å²) >= 11 is 0.850. The van der Waals surface area contributed by atoms with Gasteiger partial charge < -0.3 is 5.11 Å². The molecule has 0 saturated carbocycles. The van der Waals surface area contributed by atoms with E-state index < -0.39 is 0 Å². The van der Waals surface area contributed by atoms with Gasteiger partial charge in [0.05, 0.1) is 5.76 Å². The van der Waals surface area contributed by atoms with Crippen molar-refractivity contribution in [3.63, 3.8) is 0 Å². The van der Waals surface area contributed by atoms with Crippen LogP contribution in [0, 0.1) is 30.2 Å². The third kappa shape index (κ3) is 9.31. The van der Waals surface area contributed by atoms with Crippen LogP contribution in [0.25, 0.3) is 40.2 Å². The van der Waals surface area contributed by atoms with Crippen LogP contribution in [0.2, 0.25) is 0 Å². The minimum atomic E-state index is 0. The normalized spacial score (nSPS) is 12.6.